The van der Waals surface area contributed by atoms with Crippen LogP contribution in [0, 0.1) is 0 Å². The van der Waals surface area contributed by atoms with Crippen molar-refractivity contribution in [2.75, 3.05) is 18.1 Å². The SMILES string of the molecule is CNc1ccccc1-c1nc(N)no1. The third-order valence-electron chi connectivity index (χ3n) is 1.87. The molecule has 0 aliphatic carbocycles. The first-order valence-corrected chi connectivity index (χ1v) is 4.17. The fraction of sp³-hybridized carbons (Fsp3) is 0.111. The number of hydrogen-bond donors (Lipinski definition) is 2. The van der Waals surface area contributed by atoms with E-state index in [4.69, 9.17) is 10.3 Å². The number of benzene rings is 1. The number of rotatable bonds is 2. The lowest BCUT2D eigenvalue weighted by molar-refractivity contribution is 0.433. The van der Waals surface area contributed by atoms with E-state index in [-0.39, 0.29) is 5.95 Å². The summed E-state index contributed by atoms with van der Waals surface area (Å²) in [5, 5.41) is 6.57. The van der Waals surface area contributed by atoms with Crippen molar-refractivity contribution >= 4 is 11.6 Å². The van der Waals surface area contributed by atoms with Crippen LogP contribution in [0.5, 0.6) is 0 Å². The molecule has 1 aromatic carbocycles. The van der Waals surface area contributed by atoms with Crippen LogP contribution in [0.15, 0.2) is 28.8 Å². The van der Waals surface area contributed by atoms with Gasteiger partial charge in [0.25, 0.3) is 11.8 Å². The van der Waals surface area contributed by atoms with Crippen molar-refractivity contribution < 1.29 is 4.52 Å². The summed E-state index contributed by atoms with van der Waals surface area (Å²) in [6.07, 6.45) is 0. The van der Waals surface area contributed by atoms with Gasteiger partial charge < -0.3 is 15.6 Å². The lowest BCUT2D eigenvalue weighted by Crippen LogP contribution is -1.91. The van der Waals surface area contributed by atoms with E-state index in [1.165, 1.54) is 0 Å². The van der Waals surface area contributed by atoms with E-state index >= 15 is 0 Å². The third kappa shape index (κ3) is 1.39. The van der Waals surface area contributed by atoms with Gasteiger partial charge in [-0.1, -0.05) is 12.1 Å². The standard InChI is InChI=1S/C9H10N4O/c1-11-7-5-3-2-4-6(7)8-12-9(10)13-14-8/h2-5,11H,1H3,(H2,10,13). The molecule has 72 valence electrons. The second-order valence-corrected chi connectivity index (χ2v) is 2.75. The van der Waals surface area contributed by atoms with E-state index in [1.807, 2.05) is 31.3 Å². The predicted molar refractivity (Wildman–Crippen MR) is 53.7 cm³/mol. The summed E-state index contributed by atoms with van der Waals surface area (Å²) in [4.78, 5) is 3.95. The van der Waals surface area contributed by atoms with Crippen molar-refractivity contribution in [3.05, 3.63) is 24.3 Å². The van der Waals surface area contributed by atoms with E-state index in [0.717, 1.165) is 11.3 Å². The van der Waals surface area contributed by atoms with E-state index in [0.29, 0.717) is 5.89 Å². The molecule has 5 heteroatoms. The molecule has 0 aliphatic heterocycles. The minimum Gasteiger partial charge on any atom is -0.387 e. The zero-order valence-electron chi connectivity index (χ0n) is 7.69. The highest BCUT2D eigenvalue weighted by molar-refractivity contribution is 5.72. The third-order valence-corrected chi connectivity index (χ3v) is 1.87. The molecule has 14 heavy (non-hydrogen) atoms. The summed E-state index contributed by atoms with van der Waals surface area (Å²) in [5.74, 6) is 0.568. The Hall–Kier alpha value is -2.04. The molecule has 0 aliphatic rings. The molecular weight excluding hydrogens is 180 g/mol. The Morgan fingerprint density at radius 3 is 2.79 bits per heavy atom. The Bertz CT molecular complexity index is 438. The van der Waals surface area contributed by atoms with Crippen LogP contribution >= 0.6 is 0 Å². The van der Waals surface area contributed by atoms with Crippen LogP contribution in [-0.4, -0.2) is 17.2 Å². The van der Waals surface area contributed by atoms with Gasteiger partial charge in [0, 0.05) is 12.7 Å². The van der Waals surface area contributed by atoms with Gasteiger partial charge in [-0.25, -0.2) is 0 Å². The Morgan fingerprint density at radius 1 is 1.36 bits per heavy atom. The molecule has 0 saturated carbocycles. The molecule has 0 bridgehead atoms. The zero-order valence-corrected chi connectivity index (χ0v) is 7.69. The van der Waals surface area contributed by atoms with E-state index < -0.39 is 0 Å². The quantitative estimate of drug-likeness (QED) is 0.747. The molecule has 0 amide bonds. The van der Waals surface area contributed by atoms with Crippen LogP contribution in [0.4, 0.5) is 11.6 Å². The number of hydrogen-bond acceptors (Lipinski definition) is 5. The van der Waals surface area contributed by atoms with Crippen LogP contribution in [0.3, 0.4) is 0 Å². The van der Waals surface area contributed by atoms with Gasteiger partial charge in [-0.15, -0.1) is 0 Å². The van der Waals surface area contributed by atoms with Crippen molar-refractivity contribution in [2.24, 2.45) is 0 Å². The Kier molecular flexibility index (Phi) is 2.06. The highest BCUT2D eigenvalue weighted by Crippen LogP contribution is 2.25. The fourth-order valence-corrected chi connectivity index (χ4v) is 1.23. The maximum absolute atomic E-state index is 5.37. The van der Waals surface area contributed by atoms with Gasteiger partial charge in [-0.05, 0) is 17.3 Å². The summed E-state index contributed by atoms with van der Waals surface area (Å²) in [6, 6.07) is 7.64. The Balaban J connectivity index is 2.50. The van der Waals surface area contributed by atoms with Gasteiger partial charge in [-0.3, -0.25) is 0 Å². The van der Waals surface area contributed by atoms with Crippen LogP contribution in [0.25, 0.3) is 11.5 Å². The minimum atomic E-state index is 0.144. The lowest BCUT2D eigenvalue weighted by atomic mass is 10.2. The summed E-state index contributed by atoms with van der Waals surface area (Å²) in [7, 11) is 1.83. The van der Waals surface area contributed by atoms with Crippen molar-refractivity contribution in [2.45, 2.75) is 0 Å². The molecule has 0 radical (unpaired) electrons. The molecule has 0 unspecified atom stereocenters. The monoisotopic (exact) mass is 190 g/mol. The number of anilines is 2. The average Bonchev–Trinajstić information content (AvgIpc) is 2.65. The molecule has 0 saturated heterocycles. The molecule has 3 N–H and O–H groups in total. The highest BCUT2D eigenvalue weighted by atomic mass is 16.5. The zero-order chi connectivity index (χ0) is 9.97. The maximum Gasteiger partial charge on any atom is 0.261 e. The van der Waals surface area contributed by atoms with Crippen molar-refractivity contribution in [1.82, 2.24) is 10.1 Å². The predicted octanol–water partition coefficient (Wildman–Crippen LogP) is 1.36. The van der Waals surface area contributed by atoms with Crippen LogP contribution in [-0.2, 0) is 0 Å². The molecule has 5 nitrogen and oxygen atoms in total. The molecule has 1 aromatic heterocycles. The lowest BCUT2D eigenvalue weighted by Gasteiger charge is -2.03. The summed E-state index contributed by atoms with van der Waals surface area (Å²) < 4.78 is 4.97. The van der Waals surface area contributed by atoms with Gasteiger partial charge in [-0.2, -0.15) is 4.98 Å². The average molecular weight is 190 g/mol. The largest absolute Gasteiger partial charge is 0.387 e. The van der Waals surface area contributed by atoms with Crippen LogP contribution in [0.2, 0.25) is 0 Å². The van der Waals surface area contributed by atoms with E-state index in [2.05, 4.69) is 15.5 Å². The number of nitrogens with zero attached hydrogens (tertiary/aromatic N) is 2. The number of nitrogens with one attached hydrogen (secondary N) is 1. The van der Waals surface area contributed by atoms with E-state index in [9.17, 15) is 0 Å². The normalized spacial score (nSPS) is 10.1. The number of para-hydroxylation sites is 1. The number of aromatic nitrogens is 2. The molecule has 0 spiro atoms. The van der Waals surface area contributed by atoms with E-state index in [1.54, 1.807) is 0 Å². The second-order valence-electron chi connectivity index (χ2n) is 2.75. The van der Waals surface area contributed by atoms with Crippen molar-refractivity contribution in [3.63, 3.8) is 0 Å². The smallest absolute Gasteiger partial charge is 0.261 e. The Labute approximate surface area is 80.9 Å². The maximum atomic E-state index is 5.37. The van der Waals surface area contributed by atoms with Crippen molar-refractivity contribution in [3.8, 4) is 11.5 Å². The van der Waals surface area contributed by atoms with Gasteiger partial charge in [0.1, 0.15) is 0 Å². The summed E-state index contributed by atoms with van der Waals surface area (Å²) in [6.45, 7) is 0. The second kappa shape index (κ2) is 3.37. The molecule has 2 rings (SSSR count). The molecule has 0 atom stereocenters. The first-order valence-electron chi connectivity index (χ1n) is 4.17. The molecule has 1 heterocycles. The first-order chi connectivity index (χ1) is 6.81. The Morgan fingerprint density at radius 2 is 2.14 bits per heavy atom. The van der Waals surface area contributed by atoms with Crippen LogP contribution in [0.1, 0.15) is 0 Å². The highest BCUT2D eigenvalue weighted by Gasteiger charge is 2.09. The van der Waals surface area contributed by atoms with Crippen LogP contribution < -0.4 is 11.1 Å². The molecular formula is C9H10N4O. The van der Waals surface area contributed by atoms with Gasteiger partial charge in [0.15, 0.2) is 0 Å². The minimum absolute atomic E-state index is 0.144. The van der Waals surface area contributed by atoms with Gasteiger partial charge >= 0.3 is 0 Å². The van der Waals surface area contributed by atoms with Crippen molar-refractivity contribution in [1.29, 1.82) is 0 Å². The number of nitrogens with two attached hydrogens (primary N) is 1. The number of nitrogen functional groups attached to an aromatic ring is 1. The summed E-state index contributed by atoms with van der Waals surface area (Å²) in [5.41, 5.74) is 7.14. The van der Waals surface area contributed by atoms with Gasteiger partial charge in [0.2, 0.25) is 0 Å². The first kappa shape index (κ1) is 8.55. The topological polar surface area (TPSA) is 77.0 Å². The fourth-order valence-electron chi connectivity index (χ4n) is 1.23. The molecule has 2 aromatic rings. The van der Waals surface area contributed by atoms with Gasteiger partial charge in [0.05, 0.1) is 5.56 Å². The summed E-state index contributed by atoms with van der Waals surface area (Å²) >= 11 is 0. The molecule has 0 fully saturated rings.